The van der Waals surface area contributed by atoms with Crippen LogP contribution in [0.25, 0.3) is 0 Å². The normalized spacial score (nSPS) is 21.2. The Labute approximate surface area is 166 Å². The average Bonchev–Trinajstić information content (AvgIpc) is 2.73. The zero-order valence-corrected chi connectivity index (χ0v) is 16.5. The number of quaternary nitrogens is 2. The second-order valence-electron chi connectivity index (χ2n) is 7.53. The van der Waals surface area contributed by atoms with Crippen molar-refractivity contribution in [3.8, 4) is 11.5 Å². The van der Waals surface area contributed by atoms with Crippen molar-refractivity contribution in [1.82, 2.24) is 0 Å². The van der Waals surface area contributed by atoms with E-state index < -0.39 is 12.2 Å². The summed E-state index contributed by atoms with van der Waals surface area (Å²) in [4.78, 5) is 2.70. The van der Waals surface area contributed by atoms with Crippen LogP contribution >= 0.6 is 0 Å². The maximum absolute atomic E-state index is 10.1. The second kappa shape index (κ2) is 11.5. The van der Waals surface area contributed by atoms with Crippen LogP contribution in [0.3, 0.4) is 0 Å². The quantitative estimate of drug-likeness (QED) is 0.336. The second-order valence-corrected chi connectivity index (χ2v) is 7.53. The Morgan fingerprint density at radius 1 is 0.714 bits per heavy atom. The highest BCUT2D eigenvalue weighted by Gasteiger charge is 2.19. The van der Waals surface area contributed by atoms with E-state index in [1.807, 2.05) is 24.3 Å². The maximum atomic E-state index is 10.1. The monoisotopic (exact) mass is 398 g/mol. The summed E-state index contributed by atoms with van der Waals surface area (Å²) in [6.07, 6.45) is -0.997. The van der Waals surface area contributed by atoms with E-state index in [2.05, 4.69) is 0 Å². The van der Waals surface area contributed by atoms with Crippen molar-refractivity contribution in [2.75, 3.05) is 78.9 Å². The summed E-state index contributed by atoms with van der Waals surface area (Å²) >= 11 is 0. The van der Waals surface area contributed by atoms with Gasteiger partial charge in [-0.3, -0.25) is 0 Å². The van der Waals surface area contributed by atoms with Gasteiger partial charge in [-0.1, -0.05) is 0 Å². The van der Waals surface area contributed by atoms with Gasteiger partial charge in [-0.05, 0) is 24.3 Å². The van der Waals surface area contributed by atoms with Crippen LogP contribution < -0.4 is 19.3 Å². The molecule has 2 aliphatic heterocycles. The van der Waals surface area contributed by atoms with E-state index in [9.17, 15) is 10.2 Å². The van der Waals surface area contributed by atoms with Crippen molar-refractivity contribution >= 4 is 0 Å². The van der Waals surface area contributed by atoms with Crippen molar-refractivity contribution in [1.29, 1.82) is 0 Å². The third-order valence-electron chi connectivity index (χ3n) is 5.16. The Balaban J connectivity index is 1.32. The van der Waals surface area contributed by atoms with Crippen molar-refractivity contribution in [3.05, 3.63) is 24.3 Å². The summed E-state index contributed by atoms with van der Waals surface area (Å²) in [5, 5.41) is 20.3. The number of aliphatic hydroxyl groups excluding tert-OH is 2. The highest BCUT2D eigenvalue weighted by molar-refractivity contribution is 5.31. The molecule has 158 valence electrons. The minimum Gasteiger partial charge on any atom is -0.491 e. The first-order valence-corrected chi connectivity index (χ1v) is 10.2. The summed E-state index contributed by atoms with van der Waals surface area (Å²) in [6.45, 7) is 8.64. The number of aliphatic hydroxyl groups is 2. The third-order valence-corrected chi connectivity index (χ3v) is 5.16. The van der Waals surface area contributed by atoms with Crippen LogP contribution in [0.1, 0.15) is 0 Å². The van der Waals surface area contributed by atoms with Gasteiger partial charge in [0.05, 0.1) is 26.4 Å². The van der Waals surface area contributed by atoms with Crippen molar-refractivity contribution in [2.45, 2.75) is 12.2 Å². The van der Waals surface area contributed by atoms with Gasteiger partial charge < -0.3 is 39.0 Å². The Kier molecular flexibility index (Phi) is 8.78. The van der Waals surface area contributed by atoms with Crippen LogP contribution in [0.15, 0.2) is 24.3 Å². The van der Waals surface area contributed by atoms with Gasteiger partial charge in [0.1, 0.15) is 76.2 Å². The zero-order valence-electron chi connectivity index (χ0n) is 16.5. The molecule has 2 aliphatic rings. The molecule has 0 spiro atoms. The van der Waals surface area contributed by atoms with E-state index in [-0.39, 0.29) is 13.2 Å². The Morgan fingerprint density at radius 2 is 1.07 bits per heavy atom. The number of hydrogen-bond donors (Lipinski definition) is 4. The fourth-order valence-electron chi connectivity index (χ4n) is 3.53. The first-order chi connectivity index (χ1) is 13.7. The average molecular weight is 399 g/mol. The van der Waals surface area contributed by atoms with E-state index in [0.29, 0.717) is 24.6 Å². The molecule has 2 heterocycles. The molecule has 4 N–H and O–H groups in total. The predicted molar refractivity (Wildman–Crippen MR) is 102 cm³/mol. The van der Waals surface area contributed by atoms with Gasteiger partial charge in [0, 0.05) is 0 Å². The summed E-state index contributed by atoms with van der Waals surface area (Å²) < 4.78 is 22.0. The molecule has 3 rings (SSSR count). The molecule has 2 saturated heterocycles. The summed E-state index contributed by atoms with van der Waals surface area (Å²) in [5.74, 6) is 1.39. The first kappa shape index (κ1) is 21.3. The number of rotatable bonds is 10. The van der Waals surface area contributed by atoms with Crippen LogP contribution in [-0.4, -0.2) is 101 Å². The number of benzene rings is 1. The Morgan fingerprint density at radius 3 is 1.43 bits per heavy atom. The molecule has 8 nitrogen and oxygen atoms in total. The lowest BCUT2D eigenvalue weighted by atomic mass is 10.3. The topological polar surface area (TPSA) is 86.3 Å². The number of morpholine rings is 2. The molecule has 1 aromatic carbocycles. The van der Waals surface area contributed by atoms with Crippen LogP contribution in [0.2, 0.25) is 0 Å². The molecule has 0 radical (unpaired) electrons. The summed E-state index contributed by atoms with van der Waals surface area (Å²) in [6, 6.07) is 7.29. The summed E-state index contributed by atoms with van der Waals surface area (Å²) in [5.41, 5.74) is 0. The molecule has 0 aromatic heterocycles. The van der Waals surface area contributed by atoms with Gasteiger partial charge in [-0.25, -0.2) is 0 Å². The highest BCUT2D eigenvalue weighted by Crippen LogP contribution is 2.17. The van der Waals surface area contributed by atoms with Crippen LogP contribution in [0.4, 0.5) is 0 Å². The number of ether oxygens (including phenoxy) is 4. The third kappa shape index (κ3) is 7.54. The fraction of sp³-hybridized carbons (Fsp3) is 0.700. The lowest BCUT2D eigenvalue weighted by Crippen LogP contribution is -3.15. The standard InChI is InChI=1S/C20H32N2O6/c23-17(13-21-5-9-25-10-6-21)15-27-19-1-2-20(4-3-19)28-16-18(24)14-22-7-11-26-12-8-22/h1-4,17-18,23-24H,5-16H2/p+2/t17-,18+. The lowest BCUT2D eigenvalue weighted by molar-refractivity contribution is -0.911. The molecule has 0 bridgehead atoms. The van der Waals surface area contributed by atoms with Crippen LogP contribution in [0.5, 0.6) is 11.5 Å². The van der Waals surface area contributed by atoms with E-state index in [0.717, 1.165) is 52.6 Å². The van der Waals surface area contributed by atoms with E-state index in [1.165, 1.54) is 9.80 Å². The fourth-order valence-corrected chi connectivity index (χ4v) is 3.53. The van der Waals surface area contributed by atoms with E-state index in [1.54, 1.807) is 0 Å². The van der Waals surface area contributed by atoms with Crippen LogP contribution in [0, 0.1) is 0 Å². The number of hydrogen-bond acceptors (Lipinski definition) is 6. The van der Waals surface area contributed by atoms with Gasteiger partial charge in [0.2, 0.25) is 0 Å². The van der Waals surface area contributed by atoms with E-state index in [4.69, 9.17) is 18.9 Å². The molecule has 1 aromatic rings. The largest absolute Gasteiger partial charge is 0.491 e. The molecule has 0 aliphatic carbocycles. The van der Waals surface area contributed by atoms with Crippen molar-refractivity contribution < 1.29 is 39.0 Å². The molecule has 0 saturated carbocycles. The molecule has 0 unspecified atom stereocenters. The van der Waals surface area contributed by atoms with Gasteiger partial charge in [0.25, 0.3) is 0 Å². The Bertz CT molecular complexity index is 497. The molecule has 2 fully saturated rings. The molecule has 2 atom stereocenters. The Hall–Kier alpha value is -1.42. The number of nitrogens with one attached hydrogen (secondary N) is 2. The lowest BCUT2D eigenvalue weighted by Gasteiger charge is -2.26. The van der Waals surface area contributed by atoms with Gasteiger partial charge in [-0.15, -0.1) is 0 Å². The summed E-state index contributed by atoms with van der Waals surface area (Å²) in [7, 11) is 0. The molecule has 0 amide bonds. The molecule has 28 heavy (non-hydrogen) atoms. The predicted octanol–water partition coefficient (Wildman–Crippen LogP) is -3.00. The minimum atomic E-state index is -0.498. The highest BCUT2D eigenvalue weighted by atomic mass is 16.5. The first-order valence-electron chi connectivity index (χ1n) is 10.2. The SMILES string of the molecule is O[C@H](COc1ccc(OC[C@H](O)C[NH+]2CCOCC2)cc1)C[NH+]1CCOCC1. The van der Waals surface area contributed by atoms with Gasteiger partial charge >= 0.3 is 0 Å². The molecule has 8 heteroatoms. The smallest absolute Gasteiger partial charge is 0.137 e. The maximum Gasteiger partial charge on any atom is 0.137 e. The minimum absolute atomic E-state index is 0.269. The van der Waals surface area contributed by atoms with Gasteiger partial charge in [-0.2, -0.15) is 0 Å². The van der Waals surface area contributed by atoms with Crippen molar-refractivity contribution in [3.63, 3.8) is 0 Å². The van der Waals surface area contributed by atoms with E-state index >= 15 is 0 Å². The van der Waals surface area contributed by atoms with Gasteiger partial charge in [0.15, 0.2) is 0 Å². The molecular weight excluding hydrogens is 364 g/mol. The van der Waals surface area contributed by atoms with Crippen LogP contribution in [-0.2, 0) is 9.47 Å². The van der Waals surface area contributed by atoms with Crippen molar-refractivity contribution in [2.24, 2.45) is 0 Å². The molecular formula is C20H34N2O6+2. The zero-order chi connectivity index (χ0) is 19.6.